The molecule has 3 aliphatic carbocycles. The van der Waals surface area contributed by atoms with Gasteiger partial charge in [-0.15, -0.1) is 0 Å². The Morgan fingerprint density at radius 2 is 2.04 bits per heavy atom. The van der Waals surface area contributed by atoms with Crippen molar-refractivity contribution in [2.45, 2.75) is 61.7 Å². The molecule has 6 rings (SSSR count). The van der Waals surface area contributed by atoms with Gasteiger partial charge in [0.05, 0.1) is 18.5 Å². The number of hydrogen-bond acceptors (Lipinski definition) is 5. The number of phenolic OH excluding ortho intramolecular Hbond substituents is 1. The van der Waals surface area contributed by atoms with Gasteiger partial charge in [-0.3, -0.25) is 0 Å². The fourth-order valence-electron chi connectivity index (χ4n) is 7.05. The lowest BCUT2D eigenvalue weighted by atomic mass is 9.47. The van der Waals surface area contributed by atoms with Crippen LogP contribution in [0, 0.1) is 17.0 Å². The maximum Gasteiger partial charge on any atom is 0.165 e. The van der Waals surface area contributed by atoms with Gasteiger partial charge < -0.3 is 29.9 Å². The molecule has 3 unspecified atom stereocenters. The van der Waals surface area contributed by atoms with E-state index in [1.54, 1.807) is 6.07 Å². The second kappa shape index (κ2) is 4.98. The van der Waals surface area contributed by atoms with Crippen molar-refractivity contribution in [2.24, 2.45) is 11.8 Å². The van der Waals surface area contributed by atoms with Crippen LogP contribution in [0.1, 0.15) is 43.2 Å². The Balaban J connectivity index is 1.58. The van der Waals surface area contributed by atoms with E-state index in [0.717, 1.165) is 24.0 Å². The van der Waals surface area contributed by atoms with Crippen molar-refractivity contribution in [3.8, 4) is 11.5 Å². The molecule has 0 aromatic heterocycles. The van der Waals surface area contributed by atoms with E-state index in [0.29, 0.717) is 50.4 Å². The molecule has 0 radical (unpaired) electrons. The number of piperidine rings is 1. The Morgan fingerprint density at radius 1 is 1.22 bits per heavy atom. The first kappa shape index (κ1) is 16.6. The number of benzene rings is 1. The zero-order chi connectivity index (χ0) is 18.6. The van der Waals surface area contributed by atoms with Gasteiger partial charge in [-0.1, -0.05) is 6.07 Å². The van der Waals surface area contributed by atoms with Crippen LogP contribution in [0.25, 0.3) is 0 Å². The molecule has 27 heavy (non-hydrogen) atoms. The molecule has 1 spiro atoms. The summed E-state index contributed by atoms with van der Waals surface area (Å²) < 4.78 is 5.96. The average Bonchev–Trinajstić information content (AvgIpc) is 3.37. The number of aliphatic hydroxyl groups excluding tert-OH is 1. The lowest BCUT2D eigenvalue weighted by Crippen LogP contribution is -2.80. The van der Waals surface area contributed by atoms with E-state index in [9.17, 15) is 20.5 Å². The smallest absolute Gasteiger partial charge is 0.165 e. The molecule has 2 bridgehead atoms. The quantitative estimate of drug-likeness (QED) is 0.553. The standard InChI is InChI=1S/C21H27NO5/c23-11-14-5-6-21(25)16-9-13-3-4-15(24)18-17(13)20(21,19(14)27-18)7-8-22(16,26)10-12-1-2-12/h3-4,12,14,16,19,23-25H,1-2,5-11H2/t14?,16-,19?,20+,21-,22?/m1/s1. The second-order valence-corrected chi connectivity index (χ2v) is 9.64. The summed E-state index contributed by atoms with van der Waals surface area (Å²) in [5.74, 6) is 0.990. The fourth-order valence-corrected chi connectivity index (χ4v) is 7.05. The SMILES string of the molecule is [O-][N+]1(CC2CC2)CC[C@]23c4c5ccc(O)c4OC2C(CO)CC[C@@]3(O)[C@H]1C5. The van der Waals surface area contributed by atoms with Crippen LogP contribution in [0.4, 0.5) is 0 Å². The van der Waals surface area contributed by atoms with Crippen LogP contribution in [0.2, 0.25) is 0 Å². The predicted octanol–water partition coefficient (Wildman–Crippen LogP) is 1.58. The highest BCUT2D eigenvalue weighted by atomic mass is 16.6. The number of ether oxygens (including phenoxy) is 1. The van der Waals surface area contributed by atoms with Crippen LogP contribution in [-0.4, -0.2) is 57.4 Å². The molecular weight excluding hydrogens is 346 g/mol. The Labute approximate surface area is 158 Å². The summed E-state index contributed by atoms with van der Waals surface area (Å²) in [6.07, 6.45) is 4.14. The van der Waals surface area contributed by atoms with Crippen molar-refractivity contribution in [1.29, 1.82) is 0 Å². The maximum atomic E-state index is 14.0. The highest BCUT2D eigenvalue weighted by molar-refractivity contribution is 5.62. The number of phenols is 1. The topological polar surface area (TPSA) is 93.0 Å². The van der Waals surface area contributed by atoms with Crippen LogP contribution < -0.4 is 4.74 Å². The minimum atomic E-state index is -1.13. The molecule has 0 amide bonds. The van der Waals surface area contributed by atoms with Crippen LogP contribution in [-0.2, 0) is 11.8 Å². The summed E-state index contributed by atoms with van der Waals surface area (Å²) >= 11 is 0. The minimum Gasteiger partial charge on any atom is -0.632 e. The van der Waals surface area contributed by atoms with Gasteiger partial charge in [0.1, 0.15) is 17.7 Å². The number of quaternary nitrogens is 1. The van der Waals surface area contributed by atoms with Gasteiger partial charge in [-0.25, -0.2) is 0 Å². The van der Waals surface area contributed by atoms with Crippen molar-refractivity contribution >= 4 is 0 Å². The third-order valence-electron chi connectivity index (χ3n) is 8.41. The number of aromatic hydroxyl groups is 1. The van der Waals surface area contributed by atoms with E-state index in [1.165, 1.54) is 0 Å². The maximum absolute atomic E-state index is 14.0. The number of hydroxylamine groups is 3. The molecule has 1 saturated heterocycles. The van der Waals surface area contributed by atoms with E-state index in [2.05, 4.69) is 0 Å². The number of nitrogens with zero attached hydrogens (tertiary/aromatic N) is 1. The summed E-state index contributed by atoms with van der Waals surface area (Å²) in [5.41, 5.74) is 0.139. The Morgan fingerprint density at radius 3 is 2.78 bits per heavy atom. The molecule has 6 heteroatoms. The fraction of sp³-hybridized carbons (Fsp3) is 0.714. The summed E-state index contributed by atoms with van der Waals surface area (Å²) in [7, 11) is 0. The number of likely N-dealkylation sites (tertiary alicyclic amines) is 1. The molecule has 5 aliphatic rings. The van der Waals surface area contributed by atoms with Crippen molar-refractivity contribution < 1.29 is 24.7 Å². The molecular formula is C21H27NO5. The van der Waals surface area contributed by atoms with Gasteiger partial charge in [0.2, 0.25) is 0 Å². The van der Waals surface area contributed by atoms with Crippen LogP contribution in [0.15, 0.2) is 12.1 Å². The van der Waals surface area contributed by atoms with Gasteiger partial charge in [0.25, 0.3) is 0 Å². The first-order chi connectivity index (χ1) is 12.9. The molecule has 146 valence electrons. The molecule has 2 saturated carbocycles. The van der Waals surface area contributed by atoms with Crippen molar-refractivity contribution in [1.82, 2.24) is 0 Å². The van der Waals surface area contributed by atoms with Crippen molar-refractivity contribution in [2.75, 3.05) is 19.7 Å². The minimum absolute atomic E-state index is 0.00328. The number of hydrogen-bond donors (Lipinski definition) is 3. The molecule has 2 aliphatic heterocycles. The van der Waals surface area contributed by atoms with Gasteiger partial charge in [-0.2, -0.15) is 0 Å². The molecule has 6 atom stereocenters. The summed E-state index contributed by atoms with van der Waals surface area (Å²) in [4.78, 5) is 0. The Kier molecular flexibility index (Phi) is 3.06. The van der Waals surface area contributed by atoms with Crippen molar-refractivity contribution in [3.63, 3.8) is 0 Å². The highest BCUT2D eigenvalue weighted by Gasteiger charge is 2.75. The van der Waals surface area contributed by atoms with E-state index < -0.39 is 11.0 Å². The van der Waals surface area contributed by atoms with E-state index >= 15 is 0 Å². The largest absolute Gasteiger partial charge is 0.632 e. The predicted molar refractivity (Wildman–Crippen MR) is 97.2 cm³/mol. The molecule has 2 heterocycles. The van der Waals surface area contributed by atoms with E-state index in [-0.39, 0.29) is 35.1 Å². The van der Waals surface area contributed by atoms with Gasteiger partial charge >= 0.3 is 0 Å². The van der Waals surface area contributed by atoms with E-state index in [1.807, 2.05) is 6.07 Å². The summed E-state index contributed by atoms with van der Waals surface area (Å²) in [6.45, 7) is 1.09. The summed E-state index contributed by atoms with van der Waals surface area (Å²) in [5, 5.41) is 46.5. The van der Waals surface area contributed by atoms with Crippen LogP contribution >= 0.6 is 0 Å². The molecule has 3 fully saturated rings. The Bertz CT molecular complexity index is 825. The van der Waals surface area contributed by atoms with Crippen LogP contribution in [0.3, 0.4) is 0 Å². The Hall–Kier alpha value is -1.34. The van der Waals surface area contributed by atoms with Gasteiger partial charge in [0.15, 0.2) is 11.5 Å². The normalized spacial score (nSPS) is 46.7. The first-order valence-corrected chi connectivity index (χ1v) is 10.4. The van der Waals surface area contributed by atoms with Gasteiger partial charge in [-0.05, 0) is 37.3 Å². The van der Waals surface area contributed by atoms with Gasteiger partial charge in [0, 0.05) is 36.8 Å². The summed E-state index contributed by atoms with van der Waals surface area (Å²) in [6, 6.07) is 3.17. The number of aliphatic hydroxyl groups is 2. The molecule has 6 nitrogen and oxygen atoms in total. The zero-order valence-electron chi connectivity index (χ0n) is 15.4. The monoisotopic (exact) mass is 373 g/mol. The third kappa shape index (κ3) is 1.81. The lowest BCUT2D eigenvalue weighted by Gasteiger charge is -2.68. The highest BCUT2D eigenvalue weighted by Crippen LogP contribution is 2.67. The second-order valence-electron chi connectivity index (χ2n) is 9.64. The molecule has 1 aromatic rings. The van der Waals surface area contributed by atoms with Crippen molar-refractivity contribution in [3.05, 3.63) is 28.5 Å². The zero-order valence-corrected chi connectivity index (χ0v) is 15.4. The molecule has 3 N–H and O–H groups in total. The van der Waals surface area contributed by atoms with Crippen LogP contribution in [0.5, 0.6) is 11.5 Å². The first-order valence-electron chi connectivity index (χ1n) is 10.4. The average molecular weight is 373 g/mol. The number of rotatable bonds is 3. The lowest BCUT2D eigenvalue weighted by molar-refractivity contribution is -0.924. The van der Waals surface area contributed by atoms with E-state index in [4.69, 9.17) is 4.74 Å². The third-order valence-corrected chi connectivity index (χ3v) is 8.41. The molecule has 1 aromatic carbocycles.